The number of hydrogen-bond donors (Lipinski definition) is 2. The molecule has 3 rings (SSSR count). The summed E-state index contributed by atoms with van der Waals surface area (Å²) < 4.78 is 37.4. The van der Waals surface area contributed by atoms with Crippen LogP contribution < -0.4 is 5.46 Å². The minimum Gasteiger partial charge on any atom is -0.399 e. The van der Waals surface area contributed by atoms with Crippen LogP contribution in [0.1, 0.15) is 59.8 Å². The summed E-state index contributed by atoms with van der Waals surface area (Å²) in [5.74, 6) is -0.657. The van der Waals surface area contributed by atoms with Crippen LogP contribution in [-0.2, 0) is 23.9 Å². The summed E-state index contributed by atoms with van der Waals surface area (Å²) in [7, 11) is -4.37. The zero-order valence-corrected chi connectivity index (χ0v) is 20.5. The number of piperidine rings is 1. The van der Waals surface area contributed by atoms with E-state index >= 15 is 0 Å². The van der Waals surface area contributed by atoms with Crippen LogP contribution >= 0.6 is 0 Å². The average molecular weight is 483 g/mol. The fraction of sp³-hybridized carbons (Fsp3) is 0.762. The molecule has 1 amide bonds. The van der Waals surface area contributed by atoms with Crippen LogP contribution in [0.3, 0.4) is 0 Å². The highest BCUT2D eigenvalue weighted by atomic mass is 32.2. The monoisotopic (exact) mass is 483 g/mol. The molecule has 0 spiro atoms. The first-order valence-electron chi connectivity index (χ1n) is 11.4. The molecule has 2 atom stereocenters. The van der Waals surface area contributed by atoms with Crippen LogP contribution in [0.15, 0.2) is 17.6 Å². The Bertz CT molecular complexity index is 924. The van der Waals surface area contributed by atoms with Crippen molar-refractivity contribution in [3.8, 4) is 0 Å². The van der Waals surface area contributed by atoms with Gasteiger partial charge in [0.05, 0.1) is 23.6 Å². The van der Waals surface area contributed by atoms with Crippen LogP contribution in [0.5, 0.6) is 0 Å². The van der Waals surface area contributed by atoms with Crippen LogP contribution in [0.4, 0.5) is 0 Å². The van der Waals surface area contributed by atoms with Crippen molar-refractivity contribution in [1.29, 1.82) is 0 Å². The summed E-state index contributed by atoms with van der Waals surface area (Å²) in [5, 5.41) is 18.5. The van der Waals surface area contributed by atoms with Gasteiger partial charge in [-0.2, -0.15) is 0 Å². The number of aliphatic hydroxyl groups excluding tert-OH is 2. The Morgan fingerprint density at radius 3 is 2.39 bits per heavy atom. The number of nitrogens with zero attached hydrogens (tertiary/aromatic N) is 3. The summed E-state index contributed by atoms with van der Waals surface area (Å²) in [6.07, 6.45) is 4.69. The van der Waals surface area contributed by atoms with Crippen LogP contribution in [0.2, 0.25) is 0 Å². The SMILES string of the molecule is CC1(C)OB(c2cnc(S(=O)(=O)CCC[C@@H]3CCCCN3C(=O)[C@H](O)CO)nc2)OC1(C)C. The Balaban J connectivity index is 1.59. The van der Waals surface area contributed by atoms with Crippen LogP contribution in [0.25, 0.3) is 0 Å². The molecular weight excluding hydrogens is 449 g/mol. The van der Waals surface area contributed by atoms with Gasteiger partial charge in [-0.3, -0.25) is 4.79 Å². The molecular formula is C21H34BN3O7S. The van der Waals surface area contributed by atoms with Crippen molar-refractivity contribution in [2.24, 2.45) is 0 Å². The number of carbonyl (C=O) groups excluding carboxylic acids is 1. The van der Waals surface area contributed by atoms with Crippen molar-refractivity contribution in [1.82, 2.24) is 14.9 Å². The number of likely N-dealkylation sites (tertiary alicyclic amines) is 1. The maximum absolute atomic E-state index is 12.7. The maximum atomic E-state index is 12.7. The molecule has 2 aliphatic heterocycles. The first-order chi connectivity index (χ1) is 15.4. The molecule has 184 valence electrons. The molecule has 3 heterocycles. The Hall–Kier alpha value is -1.60. The first kappa shape index (κ1) is 26.0. The molecule has 2 N–H and O–H groups in total. The van der Waals surface area contributed by atoms with Crippen molar-refractivity contribution in [2.45, 2.75) is 88.3 Å². The van der Waals surface area contributed by atoms with E-state index in [-0.39, 0.29) is 17.0 Å². The number of aliphatic hydroxyl groups is 2. The molecule has 1 aromatic rings. The Morgan fingerprint density at radius 1 is 1.21 bits per heavy atom. The fourth-order valence-electron chi connectivity index (χ4n) is 4.05. The highest BCUT2D eigenvalue weighted by molar-refractivity contribution is 7.91. The molecule has 12 heteroatoms. The van der Waals surface area contributed by atoms with Crippen LogP contribution in [0, 0.1) is 0 Å². The predicted molar refractivity (Wildman–Crippen MR) is 121 cm³/mol. The molecule has 2 fully saturated rings. The van der Waals surface area contributed by atoms with Gasteiger partial charge in [-0.15, -0.1) is 0 Å². The van der Waals surface area contributed by atoms with Crippen molar-refractivity contribution in [2.75, 3.05) is 18.9 Å². The second-order valence-corrected chi connectivity index (χ2v) is 11.7. The summed E-state index contributed by atoms with van der Waals surface area (Å²) >= 11 is 0. The van der Waals surface area contributed by atoms with Gasteiger partial charge < -0.3 is 24.4 Å². The number of carbonyl (C=O) groups is 1. The lowest BCUT2D eigenvalue weighted by Crippen LogP contribution is -2.49. The van der Waals surface area contributed by atoms with E-state index in [1.54, 1.807) is 4.90 Å². The molecule has 33 heavy (non-hydrogen) atoms. The van der Waals surface area contributed by atoms with Crippen LogP contribution in [-0.4, -0.2) is 88.8 Å². The average Bonchev–Trinajstić information content (AvgIpc) is 3.00. The molecule has 10 nitrogen and oxygen atoms in total. The quantitative estimate of drug-likeness (QED) is 0.388. The van der Waals surface area contributed by atoms with E-state index in [1.807, 2.05) is 27.7 Å². The lowest BCUT2D eigenvalue weighted by molar-refractivity contribution is -0.146. The lowest BCUT2D eigenvalue weighted by atomic mass is 9.81. The zero-order valence-electron chi connectivity index (χ0n) is 19.7. The molecule has 0 unspecified atom stereocenters. The second kappa shape index (κ2) is 9.95. The van der Waals surface area contributed by atoms with Crippen molar-refractivity contribution in [3.63, 3.8) is 0 Å². The van der Waals surface area contributed by atoms with Gasteiger partial charge in [0.15, 0.2) is 6.10 Å². The molecule has 0 bridgehead atoms. The molecule has 0 radical (unpaired) electrons. The zero-order chi connectivity index (χ0) is 24.4. The minimum absolute atomic E-state index is 0.149. The minimum atomic E-state index is -3.70. The van der Waals surface area contributed by atoms with Crippen molar-refractivity contribution >= 4 is 28.3 Å². The molecule has 2 aliphatic rings. The Labute approximate surface area is 195 Å². The maximum Gasteiger partial charge on any atom is 0.498 e. The highest BCUT2D eigenvalue weighted by Crippen LogP contribution is 2.36. The predicted octanol–water partition coefficient (Wildman–Crippen LogP) is 0.0640. The third-order valence-corrected chi connectivity index (χ3v) is 8.36. The van der Waals surface area contributed by atoms with Gasteiger partial charge in [-0.25, -0.2) is 18.4 Å². The third-order valence-electron chi connectivity index (χ3n) is 6.77. The summed E-state index contributed by atoms with van der Waals surface area (Å²) in [5.41, 5.74) is -0.500. The second-order valence-electron chi connectivity index (χ2n) is 9.73. The van der Waals surface area contributed by atoms with E-state index in [0.29, 0.717) is 24.8 Å². The summed E-state index contributed by atoms with van der Waals surface area (Å²) in [6.45, 7) is 7.58. The first-order valence-corrected chi connectivity index (χ1v) is 13.0. The molecule has 2 saturated heterocycles. The van der Waals surface area contributed by atoms with Gasteiger partial charge in [-0.05, 0) is 59.8 Å². The Morgan fingerprint density at radius 2 is 1.82 bits per heavy atom. The standard InChI is InChI=1S/C21H34BN3O7S/c1-20(2)21(3,4)32-22(31-20)15-12-23-19(24-13-15)33(29,30)11-7-9-16-8-5-6-10-25(16)18(28)17(27)14-26/h12-13,16-17,26-27H,5-11,14H2,1-4H3/t16-,17+/m0/s1. The van der Waals surface area contributed by atoms with Gasteiger partial charge >= 0.3 is 7.12 Å². The molecule has 0 saturated carbocycles. The van der Waals surface area contributed by atoms with Crippen molar-refractivity contribution < 1.29 is 32.7 Å². The Kier molecular flexibility index (Phi) is 7.84. The fourth-order valence-corrected chi connectivity index (χ4v) is 5.20. The summed E-state index contributed by atoms with van der Waals surface area (Å²) in [4.78, 5) is 22.0. The smallest absolute Gasteiger partial charge is 0.399 e. The van der Waals surface area contributed by atoms with E-state index in [1.165, 1.54) is 12.4 Å². The highest BCUT2D eigenvalue weighted by Gasteiger charge is 2.52. The van der Waals surface area contributed by atoms with Crippen molar-refractivity contribution in [3.05, 3.63) is 12.4 Å². The lowest BCUT2D eigenvalue weighted by Gasteiger charge is -2.36. The van der Waals surface area contributed by atoms with Gasteiger partial charge in [0.2, 0.25) is 15.0 Å². The van der Waals surface area contributed by atoms with Gasteiger partial charge in [0.1, 0.15) is 0 Å². The van der Waals surface area contributed by atoms with Gasteiger partial charge in [0, 0.05) is 30.4 Å². The van der Waals surface area contributed by atoms with Gasteiger partial charge in [-0.1, -0.05) is 0 Å². The van der Waals surface area contributed by atoms with E-state index in [2.05, 4.69) is 9.97 Å². The number of amides is 1. The largest absolute Gasteiger partial charge is 0.498 e. The molecule has 0 aliphatic carbocycles. The third kappa shape index (κ3) is 5.73. The van der Waals surface area contributed by atoms with Gasteiger partial charge in [0.25, 0.3) is 5.91 Å². The topological polar surface area (TPSA) is 139 Å². The normalized spacial score (nSPS) is 23.5. The molecule has 0 aromatic carbocycles. The van der Waals surface area contributed by atoms with E-state index in [9.17, 15) is 18.3 Å². The molecule has 1 aromatic heterocycles. The van der Waals surface area contributed by atoms with E-state index in [4.69, 9.17) is 14.4 Å². The number of aromatic nitrogens is 2. The number of hydrogen-bond acceptors (Lipinski definition) is 9. The summed E-state index contributed by atoms with van der Waals surface area (Å²) in [6, 6.07) is -0.158. The number of sulfone groups is 1. The van der Waals surface area contributed by atoms with E-state index < -0.39 is 46.8 Å². The van der Waals surface area contributed by atoms with E-state index in [0.717, 1.165) is 19.3 Å². The number of rotatable bonds is 8.